The van der Waals surface area contributed by atoms with Gasteiger partial charge < -0.3 is 9.52 Å². The van der Waals surface area contributed by atoms with Gasteiger partial charge in [0.15, 0.2) is 5.78 Å². The fourth-order valence-electron chi connectivity index (χ4n) is 3.32. The molecule has 0 saturated heterocycles. The van der Waals surface area contributed by atoms with Crippen molar-refractivity contribution in [3.8, 4) is 0 Å². The lowest BCUT2D eigenvalue weighted by Crippen LogP contribution is -2.00. The van der Waals surface area contributed by atoms with Gasteiger partial charge in [0, 0.05) is 35.8 Å². The monoisotopic (exact) mass is 314 g/mol. The highest BCUT2D eigenvalue weighted by atomic mass is 16.4. The highest BCUT2D eigenvalue weighted by Gasteiger charge is 2.18. The van der Waals surface area contributed by atoms with E-state index in [0.717, 1.165) is 42.4 Å². The summed E-state index contributed by atoms with van der Waals surface area (Å²) in [5.74, 6) is 0.421. The zero-order valence-electron chi connectivity index (χ0n) is 13.3. The van der Waals surface area contributed by atoms with Gasteiger partial charge in [-0.1, -0.05) is 18.6 Å². The van der Waals surface area contributed by atoms with Crippen molar-refractivity contribution in [1.82, 2.24) is 0 Å². The van der Waals surface area contributed by atoms with Crippen LogP contribution in [0.1, 0.15) is 66.6 Å². The summed E-state index contributed by atoms with van der Waals surface area (Å²) in [5, 5.41) is 9.74. The lowest BCUT2D eigenvalue weighted by Gasteiger charge is -2.08. The second-order valence-corrected chi connectivity index (χ2v) is 6.30. The molecule has 23 heavy (non-hydrogen) atoms. The van der Waals surface area contributed by atoms with Gasteiger partial charge in [-0.05, 0) is 38.2 Å². The molecule has 0 saturated carbocycles. The van der Waals surface area contributed by atoms with Crippen LogP contribution in [0, 0.1) is 0 Å². The number of carbonyl (C=O) groups is 2. The van der Waals surface area contributed by atoms with Crippen molar-refractivity contribution >= 4 is 22.7 Å². The van der Waals surface area contributed by atoms with Crippen LogP contribution in [0.5, 0.6) is 0 Å². The summed E-state index contributed by atoms with van der Waals surface area (Å²) in [7, 11) is 0. The number of carboxylic acid groups (broad SMARTS) is 1. The van der Waals surface area contributed by atoms with Crippen LogP contribution in [0.4, 0.5) is 0 Å². The van der Waals surface area contributed by atoms with Crippen molar-refractivity contribution in [1.29, 1.82) is 0 Å². The second kappa shape index (κ2) is 6.99. The number of aryl methyl sites for hydroxylation is 2. The summed E-state index contributed by atoms with van der Waals surface area (Å²) in [6.07, 6.45) is 7.23. The number of fused-ring (bicyclic) bond motifs is 3. The molecule has 1 heterocycles. The molecule has 1 aromatic heterocycles. The predicted molar refractivity (Wildman–Crippen MR) is 87.9 cm³/mol. The van der Waals surface area contributed by atoms with E-state index in [-0.39, 0.29) is 12.2 Å². The first-order valence-corrected chi connectivity index (χ1v) is 8.44. The molecule has 122 valence electrons. The molecule has 0 fully saturated rings. The topological polar surface area (TPSA) is 67.5 Å². The molecule has 0 amide bonds. The Morgan fingerprint density at radius 3 is 2.65 bits per heavy atom. The molecule has 3 rings (SSSR count). The van der Waals surface area contributed by atoms with E-state index in [1.807, 2.05) is 18.2 Å². The molecule has 0 unspecified atom stereocenters. The van der Waals surface area contributed by atoms with E-state index in [0.29, 0.717) is 18.4 Å². The number of aliphatic carboxylic acids is 1. The van der Waals surface area contributed by atoms with Gasteiger partial charge in [0.05, 0.1) is 0 Å². The number of unbranched alkanes of at least 4 members (excludes halogenated alkanes) is 2. The van der Waals surface area contributed by atoms with Crippen LogP contribution >= 0.6 is 0 Å². The van der Waals surface area contributed by atoms with Gasteiger partial charge in [-0.3, -0.25) is 9.59 Å². The van der Waals surface area contributed by atoms with Crippen molar-refractivity contribution < 1.29 is 19.1 Å². The average molecular weight is 314 g/mol. The maximum absolute atomic E-state index is 12.3. The molecular formula is C19H22O4. The molecule has 0 atom stereocenters. The largest absolute Gasteiger partial charge is 0.481 e. The summed E-state index contributed by atoms with van der Waals surface area (Å²) < 4.78 is 5.93. The van der Waals surface area contributed by atoms with E-state index in [1.54, 1.807) is 0 Å². The number of rotatable bonds is 7. The number of carboxylic acids is 1. The number of hydrogen-bond acceptors (Lipinski definition) is 3. The van der Waals surface area contributed by atoms with Crippen LogP contribution in [-0.4, -0.2) is 16.9 Å². The van der Waals surface area contributed by atoms with Crippen molar-refractivity contribution in [2.45, 2.75) is 57.8 Å². The van der Waals surface area contributed by atoms with Gasteiger partial charge in [-0.15, -0.1) is 0 Å². The molecule has 1 aliphatic rings. The summed E-state index contributed by atoms with van der Waals surface area (Å²) in [6, 6.07) is 5.78. The number of furan rings is 1. The first-order chi connectivity index (χ1) is 11.1. The van der Waals surface area contributed by atoms with E-state index in [2.05, 4.69) is 0 Å². The smallest absolute Gasteiger partial charge is 0.303 e. The second-order valence-electron chi connectivity index (χ2n) is 6.30. The van der Waals surface area contributed by atoms with Gasteiger partial charge in [0.1, 0.15) is 11.3 Å². The molecule has 1 aromatic carbocycles. The van der Waals surface area contributed by atoms with E-state index in [9.17, 15) is 9.59 Å². The van der Waals surface area contributed by atoms with Gasteiger partial charge in [0.25, 0.3) is 0 Å². The van der Waals surface area contributed by atoms with Gasteiger partial charge >= 0.3 is 5.97 Å². The zero-order chi connectivity index (χ0) is 16.2. The van der Waals surface area contributed by atoms with Crippen LogP contribution in [0.3, 0.4) is 0 Å². The lowest BCUT2D eigenvalue weighted by atomic mass is 9.95. The summed E-state index contributed by atoms with van der Waals surface area (Å²) in [6.45, 7) is 0. The number of benzene rings is 1. The molecule has 0 radical (unpaired) electrons. The van der Waals surface area contributed by atoms with E-state index in [1.165, 1.54) is 18.4 Å². The fourth-order valence-corrected chi connectivity index (χ4v) is 3.32. The molecule has 1 aliphatic carbocycles. The predicted octanol–water partition coefficient (Wildman–Crippen LogP) is 4.53. The fraction of sp³-hybridized carbons (Fsp3) is 0.474. The van der Waals surface area contributed by atoms with Crippen LogP contribution in [0.2, 0.25) is 0 Å². The molecule has 1 N–H and O–H groups in total. The molecule has 4 nitrogen and oxygen atoms in total. The quantitative estimate of drug-likeness (QED) is 0.602. The Labute approximate surface area is 135 Å². The molecule has 0 spiro atoms. The van der Waals surface area contributed by atoms with Crippen molar-refractivity contribution in [2.24, 2.45) is 0 Å². The Bertz CT molecular complexity index is 726. The Hall–Kier alpha value is -2.10. The third kappa shape index (κ3) is 3.63. The number of Topliss-reactive ketones (excluding diaryl/α,β-unsaturated/α-hetero) is 1. The number of carbonyl (C=O) groups excluding carboxylic acids is 1. The van der Waals surface area contributed by atoms with Gasteiger partial charge in [0.2, 0.25) is 0 Å². The summed E-state index contributed by atoms with van der Waals surface area (Å²) >= 11 is 0. The van der Waals surface area contributed by atoms with Crippen molar-refractivity contribution in [3.05, 3.63) is 35.1 Å². The first kappa shape index (κ1) is 15.8. The molecule has 2 aromatic rings. The van der Waals surface area contributed by atoms with Crippen LogP contribution < -0.4 is 0 Å². The third-order valence-corrected chi connectivity index (χ3v) is 4.57. The maximum atomic E-state index is 12.3. The molecule has 0 aliphatic heterocycles. The average Bonchev–Trinajstić information content (AvgIpc) is 2.91. The summed E-state index contributed by atoms with van der Waals surface area (Å²) in [5.41, 5.74) is 2.84. The minimum atomic E-state index is -0.774. The lowest BCUT2D eigenvalue weighted by molar-refractivity contribution is -0.137. The van der Waals surface area contributed by atoms with Gasteiger partial charge in [-0.25, -0.2) is 0 Å². The SMILES string of the molecule is O=C(O)CCCCCC(=O)c1ccc2c3c(oc2c1)CCCC3. The zero-order valence-corrected chi connectivity index (χ0v) is 13.3. The van der Waals surface area contributed by atoms with Crippen molar-refractivity contribution in [3.63, 3.8) is 0 Å². The molecular weight excluding hydrogens is 292 g/mol. The van der Waals surface area contributed by atoms with Gasteiger partial charge in [-0.2, -0.15) is 0 Å². The minimum absolute atomic E-state index is 0.108. The van der Waals surface area contributed by atoms with Crippen molar-refractivity contribution in [2.75, 3.05) is 0 Å². The van der Waals surface area contributed by atoms with E-state index >= 15 is 0 Å². The highest BCUT2D eigenvalue weighted by Crippen LogP contribution is 2.32. The Kier molecular flexibility index (Phi) is 4.79. The van der Waals surface area contributed by atoms with E-state index in [4.69, 9.17) is 9.52 Å². The van der Waals surface area contributed by atoms with E-state index < -0.39 is 5.97 Å². The Balaban J connectivity index is 1.63. The van der Waals surface area contributed by atoms with Crippen LogP contribution in [0.25, 0.3) is 11.0 Å². The molecule has 4 heteroatoms. The highest BCUT2D eigenvalue weighted by molar-refractivity contribution is 5.99. The Morgan fingerprint density at radius 2 is 1.83 bits per heavy atom. The maximum Gasteiger partial charge on any atom is 0.303 e. The number of hydrogen-bond donors (Lipinski definition) is 1. The standard InChI is InChI=1S/C19H22O4/c20-16(7-2-1-3-9-19(21)22)13-10-11-15-14-6-4-5-8-17(14)23-18(15)12-13/h10-12H,1-9H2,(H,21,22). The normalized spacial score (nSPS) is 13.9. The first-order valence-electron chi connectivity index (χ1n) is 8.44. The summed E-state index contributed by atoms with van der Waals surface area (Å²) in [4.78, 5) is 22.7. The molecule has 0 bridgehead atoms. The van der Waals surface area contributed by atoms with Crippen LogP contribution in [-0.2, 0) is 17.6 Å². The Morgan fingerprint density at radius 1 is 1.04 bits per heavy atom. The minimum Gasteiger partial charge on any atom is -0.481 e. The van der Waals surface area contributed by atoms with Crippen LogP contribution in [0.15, 0.2) is 22.6 Å². The number of ketones is 1. The third-order valence-electron chi connectivity index (χ3n) is 4.57.